The molecule has 0 aliphatic carbocycles. The van der Waals surface area contributed by atoms with E-state index in [2.05, 4.69) is 0 Å². The predicted octanol–water partition coefficient (Wildman–Crippen LogP) is -0.128. The number of hydrogen-bond acceptors (Lipinski definition) is 3. The smallest absolute Gasteiger partial charge is 0.0950 e. The Labute approximate surface area is 61.2 Å². The van der Waals surface area contributed by atoms with Crippen LogP contribution in [0.1, 0.15) is 20.3 Å². The largest absolute Gasteiger partial charge is 0.389 e. The summed E-state index contributed by atoms with van der Waals surface area (Å²) in [5.74, 6) is 0. The molecule has 3 nitrogen and oxygen atoms in total. The molecule has 0 bridgehead atoms. The lowest BCUT2D eigenvalue weighted by Gasteiger charge is -2.34. The van der Waals surface area contributed by atoms with Crippen molar-refractivity contribution in [3.63, 3.8) is 0 Å². The standard InChI is InChI=1S/C7H15NO2/c1-4-3-6(8)7(9)5(2)10-4/h4-7,9H,3,8H2,1-2H3/t4?,5?,6?,7-/m0/s1. The minimum Gasteiger partial charge on any atom is -0.389 e. The molecule has 0 radical (unpaired) electrons. The zero-order valence-corrected chi connectivity index (χ0v) is 6.45. The SMILES string of the molecule is CC1CC(N)[C@@H](O)C(C)O1. The summed E-state index contributed by atoms with van der Waals surface area (Å²) in [6.45, 7) is 3.82. The Hall–Kier alpha value is -0.120. The first-order valence-corrected chi connectivity index (χ1v) is 3.70. The fraction of sp³-hybridized carbons (Fsp3) is 1.00. The van der Waals surface area contributed by atoms with Crippen LogP contribution in [0.25, 0.3) is 0 Å². The van der Waals surface area contributed by atoms with Crippen LogP contribution in [-0.2, 0) is 4.74 Å². The molecule has 0 amide bonds. The molecular weight excluding hydrogens is 130 g/mol. The summed E-state index contributed by atoms with van der Waals surface area (Å²) >= 11 is 0. The summed E-state index contributed by atoms with van der Waals surface area (Å²) in [6.07, 6.45) is 0.342. The highest BCUT2D eigenvalue weighted by Gasteiger charge is 2.30. The average molecular weight is 145 g/mol. The fourth-order valence-electron chi connectivity index (χ4n) is 1.37. The Bertz CT molecular complexity index is 106. The predicted molar refractivity (Wildman–Crippen MR) is 38.6 cm³/mol. The van der Waals surface area contributed by atoms with Crippen LogP contribution in [0.5, 0.6) is 0 Å². The minimum absolute atomic E-state index is 0.112. The molecule has 1 fully saturated rings. The molecule has 60 valence electrons. The van der Waals surface area contributed by atoms with Gasteiger partial charge in [-0.15, -0.1) is 0 Å². The molecule has 4 atom stereocenters. The molecular formula is C7H15NO2. The van der Waals surface area contributed by atoms with E-state index in [1.54, 1.807) is 0 Å². The number of aliphatic hydroxyl groups excluding tert-OH is 1. The quantitative estimate of drug-likeness (QED) is 0.499. The number of aliphatic hydroxyl groups is 1. The summed E-state index contributed by atoms with van der Waals surface area (Å²) in [5.41, 5.74) is 5.63. The lowest BCUT2D eigenvalue weighted by atomic mass is 9.98. The first-order valence-electron chi connectivity index (χ1n) is 3.70. The van der Waals surface area contributed by atoms with Crippen LogP contribution >= 0.6 is 0 Å². The molecule has 1 rings (SSSR count). The normalized spacial score (nSPS) is 49.2. The average Bonchev–Trinajstić information content (AvgIpc) is 1.82. The first-order chi connectivity index (χ1) is 4.61. The van der Waals surface area contributed by atoms with E-state index in [1.807, 2.05) is 13.8 Å². The molecule has 1 aliphatic heterocycles. The minimum atomic E-state index is -0.490. The van der Waals surface area contributed by atoms with Crippen molar-refractivity contribution in [2.45, 2.75) is 44.6 Å². The summed E-state index contributed by atoms with van der Waals surface area (Å²) in [7, 11) is 0. The van der Waals surface area contributed by atoms with Crippen LogP contribution < -0.4 is 5.73 Å². The second-order valence-corrected chi connectivity index (χ2v) is 3.04. The Kier molecular flexibility index (Phi) is 2.28. The van der Waals surface area contributed by atoms with Crippen molar-refractivity contribution >= 4 is 0 Å². The molecule has 3 heteroatoms. The molecule has 0 aromatic carbocycles. The van der Waals surface area contributed by atoms with E-state index in [0.29, 0.717) is 0 Å². The van der Waals surface area contributed by atoms with Crippen LogP contribution in [0.15, 0.2) is 0 Å². The van der Waals surface area contributed by atoms with Crippen molar-refractivity contribution in [1.29, 1.82) is 0 Å². The van der Waals surface area contributed by atoms with Gasteiger partial charge in [-0.1, -0.05) is 0 Å². The van der Waals surface area contributed by atoms with E-state index in [4.69, 9.17) is 10.5 Å². The van der Waals surface area contributed by atoms with Crippen LogP contribution in [-0.4, -0.2) is 29.5 Å². The van der Waals surface area contributed by atoms with Gasteiger partial charge in [0.1, 0.15) is 0 Å². The second kappa shape index (κ2) is 2.86. The van der Waals surface area contributed by atoms with Gasteiger partial charge in [0.25, 0.3) is 0 Å². The van der Waals surface area contributed by atoms with E-state index in [0.717, 1.165) is 6.42 Å². The second-order valence-electron chi connectivity index (χ2n) is 3.04. The first kappa shape index (κ1) is 7.98. The van der Waals surface area contributed by atoms with Gasteiger partial charge in [-0.3, -0.25) is 0 Å². The number of ether oxygens (including phenoxy) is 1. The van der Waals surface area contributed by atoms with Gasteiger partial charge in [-0.2, -0.15) is 0 Å². The lowest BCUT2D eigenvalue weighted by Crippen LogP contribution is -2.50. The Morgan fingerprint density at radius 3 is 2.60 bits per heavy atom. The van der Waals surface area contributed by atoms with Gasteiger partial charge in [0, 0.05) is 6.04 Å². The van der Waals surface area contributed by atoms with Crippen LogP contribution in [0, 0.1) is 0 Å². The van der Waals surface area contributed by atoms with Gasteiger partial charge in [0.05, 0.1) is 18.3 Å². The van der Waals surface area contributed by atoms with Crippen LogP contribution in [0.4, 0.5) is 0 Å². The maximum Gasteiger partial charge on any atom is 0.0950 e. The molecule has 0 aromatic rings. The van der Waals surface area contributed by atoms with Gasteiger partial charge >= 0.3 is 0 Å². The van der Waals surface area contributed by atoms with Crippen molar-refractivity contribution in [1.82, 2.24) is 0 Å². The highest BCUT2D eigenvalue weighted by Crippen LogP contribution is 2.17. The Morgan fingerprint density at radius 2 is 2.10 bits per heavy atom. The zero-order chi connectivity index (χ0) is 7.72. The van der Waals surface area contributed by atoms with E-state index in [1.165, 1.54) is 0 Å². The third-order valence-corrected chi connectivity index (χ3v) is 1.97. The lowest BCUT2D eigenvalue weighted by molar-refractivity contribution is -0.110. The third-order valence-electron chi connectivity index (χ3n) is 1.97. The molecule has 3 unspecified atom stereocenters. The van der Waals surface area contributed by atoms with E-state index >= 15 is 0 Å². The number of nitrogens with two attached hydrogens (primary N) is 1. The Balaban J connectivity index is 2.49. The fourth-order valence-corrected chi connectivity index (χ4v) is 1.37. The van der Waals surface area contributed by atoms with Gasteiger partial charge in [0.15, 0.2) is 0 Å². The highest BCUT2D eigenvalue weighted by molar-refractivity contribution is 4.84. The highest BCUT2D eigenvalue weighted by atomic mass is 16.5. The van der Waals surface area contributed by atoms with Crippen LogP contribution in [0.2, 0.25) is 0 Å². The molecule has 0 spiro atoms. The number of rotatable bonds is 0. The zero-order valence-electron chi connectivity index (χ0n) is 6.45. The van der Waals surface area contributed by atoms with Crippen molar-refractivity contribution in [3.8, 4) is 0 Å². The van der Waals surface area contributed by atoms with Gasteiger partial charge in [-0.25, -0.2) is 0 Å². The van der Waals surface area contributed by atoms with E-state index in [-0.39, 0.29) is 18.2 Å². The summed E-state index contributed by atoms with van der Waals surface area (Å²) in [4.78, 5) is 0. The molecule has 10 heavy (non-hydrogen) atoms. The van der Waals surface area contributed by atoms with E-state index < -0.39 is 6.10 Å². The molecule has 3 N–H and O–H groups in total. The van der Waals surface area contributed by atoms with Gasteiger partial charge in [-0.05, 0) is 20.3 Å². The monoisotopic (exact) mass is 145 g/mol. The maximum absolute atomic E-state index is 9.31. The number of hydrogen-bond donors (Lipinski definition) is 2. The molecule has 0 saturated carbocycles. The van der Waals surface area contributed by atoms with Gasteiger partial charge in [0.2, 0.25) is 0 Å². The summed E-state index contributed by atoms with van der Waals surface area (Å²) in [6, 6.07) is -0.112. The van der Waals surface area contributed by atoms with Crippen molar-refractivity contribution < 1.29 is 9.84 Å². The maximum atomic E-state index is 9.31. The molecule has 1 heterocycles. The third kappa shape index (κ3) is 1.48. The molecule has 0 aromatic heterocycles. The Morgan fingerprint density at radius 1 is 1.50 bits per heavy atom. The van der Waals surface area contributed by atoms with Gasteiger partial charge < -0.3 is 15.6 Å². The molecule has 1 saturated heterocycles. The topological polar surface area (TPSA) is 55.5 Å². The summed E-state index contributed by atoms with van der Waals surface area (Å²) in [5, 5.41) is 9.31. The molecule has 1 aliphatic rings. The van der Waals surface area contributed by atoms with E-state index in [9.17, 15) is 5.11 Å². The van der Waals surface area contributed by atoms with Crippen molar-refractivity contribution in [2.24, 2.45) is 5.73 Å². The van der Waals surface area contributed by atoms with Crippen LogP contribution in [0.3, 0.4) is 0 Å². The van der Waals surface area contributed by atoms with Crippen molar-refractivity contribution in [3.05, 3.63) is 0 Å². The van der Waals surface area contributed by atoms with Crippen molar-refractivity contribution in [2.75, 3.05) is 0 Å². The summed E-state index contributed by atoms with van der Waals surface area (Å²) < 4.78 is 5.34.